The standard InChI is InChI=1S/C19H20F2N2O2S/c1-25-15-4-2-14(3-5-15)22-8-10-23(11-9-22)19(24)13-26-16-6-7-17(20)18(21)12-16/h2-7,12H,8-11,13H2,1H3. The third-order valence-corrected chi connectivity index (χ3v) is 5.30. The van der Waals surface area contributed by atoms with E-state index in [1.807, 2.05) is 29.2 Å². The number of hydrogen-bond donors (Lipinski definition) is 0. The fraction of sp³-hybridized carbons (Fsp3) is 0.316. The molecule has 1 aliphatic rings. The van der Waals surface area contributed by atoms with Crippen LogP contribution in [0.3, 0.4) is 0 Å². The van der Waals surface area contributed by atoms with Crippen LogP contribution in [0.2, 0.25) is 0 Å². The molecule has 1 heterocycles. The molecule has 26 heavy (non-hydrogen) atoms. The van der Waals surface area contributed by atoms with E-state index in [2.05, 4.69) is 4.90 Å². The molecule has 0 saturated carbocycles. The second kappa shape index (κ2) is 8.40. The van der Waals surface area contributed by atoms with E-state index in [1.54, 1.807) is 7.11 Å². The molecule has 7 heteroatoms. The van der Waals surface area contributed by atoms with Gasteiger partial charge in [0.25, 0.3) is 0 Å². The van der Waals surface area contributed by atoms with Crippen molar-refractivity contribution in [3.63, 3.8) is 0 Å². The van der Waals surface area contributed by atoms with Crippen LogP contribution in [0.5, 0.6) is 5.75 Å². The normalized spacial score (nSPS) is 14.4. The lowest BCUT2D eigenvalue weighted by molar-refractivity contribution is -0.128. The summed E-state index contributed by atoms with van der Waals surface area (Å²) in [5.41, 5.74) is 1.11. The zero-order valence-electron chi connectivity index (χ0n) is 14.5. The van der Waals surface area contributed by atoms with Crippen molar-refractivity contribution in [1.29, 1.82) is 0 Å². The van der Waals surface area contributed by atoms with Crippen molar-refractivity contribution in [1.82, 2.24) is 4.90 Å². The van der Waals surface area contributed by atoms with E-state index in [0.717, 1.165) is 36.7 Å². The molecule has 0 atom stereocenters. The number of halogens is 2. The Labute approximate surface area is 155 Å². The van der Waals surface area contributed by atoms with Gasteiger partial charge in [-0.3, -0.25) is 4.79 Å². The van der Waals surface area contributed by atoms with E-state index in [9.17, 15) is 13.6 Å². The molecule has 1 amide bonds. The van der Waals surface area contributed by atoms with Crippen LogP contribution in [-0.4, -0.2) is 49.8 Å². The van der Waals surface area contributed by atoms with Gasteiger partial charge in [-0.15, -0.1) is 11.8 Å². The van der Waals surface area contributed by atoms with Crippen molar-refractivity contribution in [2.24, 2.45) is 0 Å². The second-order valence-electron chi connectivity index (χ2n) is 5.93. The van der Waals surface area contributed by atoms with Gasteiger partial charge >= 0.3 is 0 Å². The summed E-state index contributed by atoms with van der Waals surface area (Å²) >= 11 is 1.22. The van der Waals surface area contributed by atoms with Gasteiger partial charge in [0.2, 0.25) is 5.91 Å². The number of amides is 1. The molecule has 0 spiro atoms. The van der Waals surface area contributed by atoms with Gasteiger partial charge in [-0.2, -0.15) is 0 Å². The van der Waals surface area contributed by atoms with Gasteiger partial charge < -0.3 is 14.5 Å². The lowest BCUT2D eigenvalue weighted by atomic mass is 10.2. The molecule has 0 radical (unpaired) electrons. The molecule has 1 fully saturated rings. The van der Waals surface area contributed by atoms with Crippen LogP contribution in [0, 0.1) is 11.6 Å². The Kier molecular flexibility index (Phi) is 5.98. The fourth-order valence-electron chi connectivity index (χ4n) is 2.81. The smallest absolute Gasteiger partial charge is 0.233 e. The van der Waals surface area contributed by atoms with E-state index in [-0.39, 0.29) is 11.7 Å². The average Bonchev–Trinajstić information content (AvgIpc) is 2.69. The lowest BCUT2D eigenvalue weighted by Crippen LogP contribution is -2.49. The number of nitrogens with zero attached hydrogens (tertiary/aromatic N) is 2. The minimum absolute atomic E-state index is 0.00844. The number of hydrogen-bond acceptors (Lipinski definition) is 4. The van der Waals surface area contributed by atoms with Gasteiger partial charge in [-0.05, 0) is 42.5 Å². The number of thioether (sulfide) groups is 1. The van der Waals surface area contributed by atoms with Gasteiger partial charge in [0.05, 0.1) is 12.9 Å². The van der Waals surface area contributed by atoms with Crippen LogP contribution in [0.25, 0.3) is 0 Å². The molecule has 3 rings (SSSR count). The number of carbonyl (C=O) groups is 1. The van der Waals surface area contributed by atoms with Gasteiger partial charge in [-0.25, -0.2) is 8.78 Å². The van der Waals surface area contributed by atoms with E-state index < -0.39 is 11.6 Å². The Morgan fingerprint density at radius 1 is 1.04 bits per heavy atom. The summed E-state index contributed by atoms with van der Waals surface area (Å²) in [5, 5.41) is 0. The van der Waals surface area contributed by atoms with Crippen LogP contribution in [0.1, 0.15) is 0 Å². The molecule has 1 saturated heterocycles. The summed E-state index contributed by atoms with van der Waals surface area (Å²) in [6.45, 7) is 2.80. The topological polar surface area (TPSA) is 32.8 Å². The molecular weight excluding hydrogens is 358 g/mol. The highest BCUT2D eigenvalue weighted by atomic mass is 32.2. The maximum Gasteiger partial charge on any atom is 0.233 e. The molecule has 138 valence electrons. The lowest BCUT2D eigenvalue weighted by Gasteiger charge is -2.36. The van der Waals surface area contributed by atoms with E-state index in [0.29, 0.717) is 18.0 Å². The average molecular weight is 378 g/mol. The maximum absolute atomic E-state index is 13.2. The number of carbonyl (C=O) groups excluding carboxylic acids is 1. The number of rotatable bonds is 5. The number of benzene rings is 2. The van der Waals surface area contributed by atoms with Crippen molar-refractivity contribution in [2.75, 3.05) is 43.9 Å². The monoisotopic (exact) mass is 378 g/mol. The third kappa shape index (κ3) is 4.46. The first kappa shape index (κ1) is 18.5. The van der Waals surface area contributed by atoms with Crippen molar-refractivity contribution in [3.8, 4) is 5.75 Å². The van der Waals surface area contributed by atoms with Gasteiger partial charge in [0.15, 0.2) is 11.6 Å². The van der Waals surface area contributed by atoms with Crippen LogP contribution in [-0.2, 0) is 4.79 Å². The molecule has 0 N–H and O–H groups in total. The van der Waals surface area contributed by atoms with Gasteiger partial charge in [-0.1, -0.05) is 0 Å². The largest absolute Gasteiger partial charge is 0.497 e. The molecule has 0 aromatic heterocycles. The SMILES string of the molecule is COc1ccc(N2CCN(C(=O)CSc3ccc(F)c(F)c3)CC2)cc1. The van der Waals surface area contributed by atoms with Crippen molar-refractivity contribution < 1.29 is 18.3 Å². The summed E-state index contributed by atoms with van der Waals surface area (Å²) in [6.07, 6.45) is 0. The van der Waals surface area contributed by atoms with Gasteiger partial charge in [0.1, 0.15) is 5.75 Å². The van der Waals surface area contributed by atoms with Crippen LogP contribution < -0.4 is 9.64 Å². The van der Waals surface area contributed by atoms with Gasteiger partial charge in [0, 0.05) is 36.8 Å². The Balaban J connectivity index is 1.49. The first-order valence-corrected chi connectivity index (χ1v) is 9.30. The van der Waals surface area contributed by atoms with Crippen LogP contribution in [0.4, 0.5) is 14.5 Å². The third-order valence-electron chi connectivity index (χ3n) is 4.32. The highest BCUT2D eigenvalue weighted by molar-refractivity contribution is 8.00. The van der Waals surface area contributed by atoms with Crippen LogP contribution >= 0.6 is 11.8 Å². The molecule has 2 aromatic carbocycles. The van der Waals surface area contributed by atoms with Crippen molar-refractivity contribution in [2.45, 2.75) is 4.90 Å². The quantitative estimate of drug-likeness (QED) is 0.747. The van der Waals surface area contributed by atoms with E-state index >= 15 is 0 Å². The Bertz CT molecular complexity index is 763. The first-order chi connectivity index (χ1) is 12.6. The summed E-state index contributed by atoms with van der Waals surface area (Å²) in [7, 11) is 1.64. The summed E-state index contributed by atoms with van der Waals surface area (Å²) in [5.74, 6) is -0.732. The number of piperazine rings is 1. The zero-order chi connectivity index (χ0) is 18.5. The molecule has 1 aliphatic heterocycles. The maximum atomic E-state index is 13.2. The summed E-state index contributed by atoms with van der Waals surface area (Å²) < 4.78 is 31.3. The Morgan fingerprint density at radius 3 is 2.35 bits per heavy atom. The highest BCUT2D eigenvalue weighted by Gasteiger charge is 2.21. The summed E-state index contributed by atoms with van der Waals surface area (Å²) in [6, 6.07) is 11.5. The van der Waals surface area contributed by atoms with Crippen molar-refractivity contribution >= 4 is 23.4 Å². The zero-order valence-corrected chi connectivity index (χ0v) is 15.3. The predicted molar refractivity (Wildman–Crippen MR) is 98.9 cm³/mol. The van der Waals surface area contributed by atoms with E-state index in [4.69, 9.17) is 4.74 Å². The summed E-state index contributed by atoms with van der Waals surface area (Å²) in [4.78, 5) is 16.9. The number of methoxy groups -OCH3 is 1. The predicted octanol–water partition coefficient (Wildman–Crippen LogP) is 3.41. The number of anilines is 1. The molecule has 4 nitrogen and oxygen atoms in total. The molecule has 0 aliphatic carbocycles. The molecular formula is C19H20F2N2O2S. The minimum atomic E-state index is -0.893. The molecule has 0 bridgehead atoms. The fourth-order valence-corrected chi connectivity index (χ4v) is 3.63. The molecule has 0 unspecified atom stereocenters. The van der Waals surface area contributed by atoms with E-state index in [1.165, 1.54) is 17.8 Å². The second-order valence-corrected chi connectivity index (χ2v) is 6.98. The molecule has 2 aromatic rings. The Morgan fingerprint density at radius 2 is 1.73 bits per heavy atom. The van der Waals surface area contributed by atoms with Crippen molar-refractivity contribution in [3.05, 3.63) is 54.1 Å². The first-order valence-electron chi connectivity index (χ1n) is 8.31. The minimum Gasteiger partial charge on any atom is -0.497 e. The highest BCUT2D eigenvalue weighted by Crippen LogP contribution is 2.23. The number of ether oxygens (including phenoxy) is 1. The van der Waals surface area contributed by atoms with Crippen LogP contribution in [0.15, 0.2) is 47.4 Å². The Hall–Kier alpha value is -2.28.